The van der Waals surface area contributed by atoms with Crippen LogP contribution < -0.4 is 15.8 Å². The van der Waals surface area contributed by atoms with Crippen LogP contribution in [0.3, 0.4) is 0 Å². The number of nitrogens with two attached hydrogens (primary N) is 1. The number of nitrogen functional groups attached to an aromatic ring is 1. The molecule has 0 saturated heterocycles. The first-order valence-electron chi connectivity index (χ1n) is 13.6. The molecular formula is C34H27ClN6O. The van der Waals surface area contributed by atoms with Gasteiger partial charge in [-0.3, -0.25) is 0 Å². The minimum Gasteiger partial charge on any atom is -0.497 e. The maximum atomic E-state index is 6.57. The van der Waals surface area contributed by atoms with Gasteiger partial charge in [-0.1, -0.05) is 54.1 Å². The fourth-order valence-corrected chi connectivity index (χ4v) is 5.58. The van der Waals surface area contributed by atoms with E-state index in [1.54, 1.807) is 13.3 Å². The van der Waals surface area contributed by atoms with E-state index in [-0.39, 0.29) is 0 Å². The first-order valence-corrected chi connectivity index (χ1v) is 14.0. The first kappa shape index (κ1) is 25.8. The van der Waals surface area contributed by atoms with Crippen LogP contribution in [0.25, 0.3) is 28.0 Å². The Hall–Kier alpha value is -5.14. The van der Waals surface area contributed by atoms with Gasteiger partial charge in [0.25, 0.3) is 0 Å². The molecular weight excluding hydrogens is 544 g/mol. The fraction of sp³-hybridized carbons (Fsp3) is 0.0882. The number of nitrogens with one attached hydrogen (secondary N) is 1. The molecule has 0 unspecified atom stereocenters. The third-order valence-corrected chi connectivity index (χ3v) is 7.78. The number of aromatic nitrogens is 4. The van der Waals surface area contributed by atoms with Gasteiger partial charge in [0.05, 0.1) is 35.1 Å². The van der Waals surface area contributed by atoms with Gasteiger partial charge in [0.15, 0.2) is 0 Å². The van der Waals surface area contributed by atoms with Crippen LogP contribution in [0.15, 0.2) is 103 Å². The largest absolute Gasteiger partial charge is 0.497 e. The van der Waals surface area contributed by atoms with Gasteiger partial charge in [-0.25, -0.2) is 15.0 Å². The van der Waals surface area contributed by atoms with Crippen molar-refractivity contribution in [3.63, 3.8) is 0 Å². The van der Waals surface area contributed by atoms with Gasteiger partial charge < -0.3 is 20.4 Å². The normalized spacial score (nSPS) is 12.3. The molecule has 0 saturated carbocycles. The Morgan fingerprint density at radius 2 is 1.76 bits per heavy atom. The minimum atomic E-state index is 0.468. The van der Waals surface area contributed by atoms with Crippen LogP contribution in [0.5, 0.6) is 5.75 Å². The summed E-state index contributed by atoms with van der Waals surface area (Å²) in [4.78, 5) is 14.3. The van der Waals surface area contributed by atoms with E-state index in [0.717, 1.165) is 62.7 Å². The highest BCUT2D eigenvalue weighted by Gasteiger charge is 2.20. The summed E-state index contributed by atoms with van der Waals surface area (Å²) in [7, 11) is 1.67. The van der Waals surface area contributed by atoms with Crippen molar-refractivity contribution in [1.82, 2.24) is 19.5 Å². The molecule has 0 aliphatic heterocycles. The van der Waals surface area contributed by atoms with Crippen LogP contribution in [0.4, 0.5) is 17.3 Å². The Morgan fingerprint density at radius 3 is 2.57 bits per heavy atom. The van der Waals surface area contributed by atoms with Gasteiger partial charge in [-0.15, -0.1) is 0 Å². The number of hydrogen-bond acceptors (Lipinski definition) is 6. The second kappa shape index (κ2) is 10.7. The van der Waals surface area contributed by atoms with Gasteiger partial charge in [0.2, 0.25) is 5.95 Å². The number of anilines is 3. The van der Waals surface area contributed by atoms with E-state index in [4.69, 9.17) is 32.0 Å². The number of rotatable bonds is 7. The highest BCUT2D eigenvalue weighted by atomic mass is 35.5. The molecule has 2 heterocycles. The highest BCUT2D eigenvalue weighted by Crippen LogP contribution is 2.35. The molecule has 7 rings (SSSR count). The number of imidazole rings is 1. The van der Waals surface area contributed by atoms with Gasteiger partial charge in [-0.2, -0.15) is 0 Å². The van der Waals surface area contributed by atoms with Gasteiger partial charge in [0, 0.05) is 29.1 Å². The molecule has 1 aliphatic carbocycles. The average molecular weight is 571 g/mol. The Morgan fingerprint density at radius 1 is 0.952 bits per heavy atom. The number of allylic oxidation sites excluding steroid dienone is 1. The van der Waals surface area contributed by atoms with Crippen LogP contribution in [-0.2, 0) is 13.0 Å². The van der Waals surface area contributed by atoms with Crippen LogP contribution in [0.2, 0.25) is 5.02 Å². The van der Waals surface area contributed by atoms with Crippen molar-refractivity contribution in [2.45, 2.75) is 13.0 Å². The zero-order valence-electron chi connectivity index (χ0n) is 22.9. The third kappa shape index (κ3) is 4.84. The summed E-state index contributed by atoms with van der Waals surface area (Å²) in [6, 6.07) is 30.3. The lowest BCUT2D eigenvalue weighted by molar-refractivity contribution is 0.414. The van der Waals surface area contributed by atoms with E-state index in [0.29, 0.717) is 23.2 Å². The molecule has 7 nitrogen and oxygen atoms in total. The van der Waals surface area contributed by atoms with Gasteiger partial charge in [0.1, 0.15) is 11.6 Å². The van der Waals surface area contributed by atoms with Crippen molar-refractivity contribution in [3.05, 3.63) is 131 Å². The summed E-state index contributed by atoms with van der Waals surface area (Å²) < 4.78 is 7.56. The predicted molar refractivity (Wildman–Crippen MR) is 169 cm³/mol. The standard InChI is InChI=1S/C34H27ClN6O/c1-42-26-14-6-21(7-15-26)20-41-31-17-13-25(18-30(31)39-33(41)23-8-11-24(36)12-9-23)38-34-37-19-29(35)32(40-34)28-16-10-22-4-2-3-5-27(22)28/h2-9,11-19H,10,20,36H2,1H3,(H,37,38,40). The number of benzene rings is 4. The molecule has 42 heavy (non-hydrogen) atoms. The number of methoxy groups -OCH3 is 1. The van der Waals surface area contributed by atoms with Crippen LogP contribution in [0, 0.1) is 0 Å². The summed E-state index contributed by atoms with van der Waals surface area (Å²) in [5, 5.41) is 3.88. The monoisotopic (exact) mass is 570 g/mol. The Bertz CT molecular complexity index is 1960. The van der Waals surface area contributed by atoms with Gasteiger partial charge in [-0.05, 0) is 77.7 Å². The minimum absolute atomic E-state index is 0.468. The topological polar surface area (TPSA) is 90.9 Å². The molecule has 6 aromatic rings. The molecule has 1 aliphatic rings. The molecule has 3 N–H and O–H groups in total. The Labute approximate surface area is 248 Å². The van der Waals surface area contributed by atoms with Gasteiger partial charge >= 0.3 is 0 Å². The lowest BCUT2D eigenvalue weighted by Crippen LogP contribution is -2.03. The number of ether oxygens (including phenoxy) is 1. The lowest BCUT2D eigenvalue weighted by atomic mass is 10.0. The summed E-state index contributed by atoms with van der Waals surface area (Å²) >= 11 is 6.57. The van der Waals surface area contributed by atoms with E-state index in [1.165, 1.54) is 5.56 Å². The van der Waals surface area contributed by atoms with Crippen molar-refractivity contribution < 1.29 is 4.74 Å². The first-order chi connectivity index (χ1) is 20.6. The molecule has 0 atom stereocenters. The number of halogens is 1. The number of hydrogen-bond donors (Lipinski definition) is 2. The molecule has 2 aromatic heterocycles. The maximum Gasteiger partial charge on any atom is 0.227 e. The molecule has 206 valence electrons. The summed E-state index contributed by atoms with van der Waals surface area (Å²) in [6.07, 6.45) is 4.68. The second-order valence-electron chi connectivity index (χ2n) is 10.2. The molecule has 0 spiro atoms. The van der Waals surface area contributed by atoms with Crippen LogP contribution in [-0.4, -0.2) is 26.6 Å². The molecule has 0 amide bonds. The summed E-state index contributed by atoms with van der Waals surface area (Å²) in [6.45, 7) is 0.646. The molecule has 4 aromatic carbocycles. The summed E-state index contributed by atoms with van der Waals surface area (Å²) in [5.41, 5.74) is 15.7. The van der Waals surface area contributed by atoms with E-state index >= 15 is 0 Å². The maximum absolute atomic E-state index is 6.57. The fourth-order valence-electron chi connectivity index (χ4n) is 5.39. The van der Waals surface area contributed by atoms with Crippen molar-refractivity contribution in [3.8, 4) is 17.1 Å². The predicted octanol–water partition coefficient (Wildman–Crippen LogP) is 7.52. The van der Waals surface area contributed by atoms with Crippen molar-refractivity contribution in [1.29, 1.82) is 0 Å². The average Bonchev–Trinajstić information content (AvgIpc) is 3.60. The van der Waals surface area contributed by atoms with Crippen molar-refractivity contribution in [2.24, 2.45) is 0 Å². The SMILES string of the molecule is COc1ccc(Cn2c(-c3ccc(N)cc3)nc3cc(Nc4ncc(Cl)c(C5=CCc6ccccc65)n4)ccc32)cc1. The van der Waals surface area contributed by atoms with E-state index < -0.39 is 0 Å². The lowest BCUT2D eigenvalue weighted by Gasteiger charge is -2.12. The van der Waals surface area contributed by atoms with Crippen LogP contribution in [0.1, 0.15) is 22.4 Å². The Balaban J connectivity index is 1.24. The quantitative estimate of drug-likeness (QED) is 0.193. The summed E-state index contributed by atoms with van der Waals surface area (Å²) in [5.74, 6) is 2.15. The number of fused-ring (bicyclic) bond motifs is 2. The second-order valence-corrected chi connectivity index (χ2v) is 10.6. The zero-order valence-corrected chi connectivity index (χ0v) is 23.6. The zero-order chi connectivity index (χ0) is 28.6. The smallest absolute Gasteiger partial charge is 0.227 e. The molecule has 0 fully saturated rings. The van der Waals surface area contributed by atoms with E-state index in [9.17, 15) is 0 Å². The van der Waals surface area contributed by atoms with Crippen LogP contribution >= 0.6 is 11.6 Å². The highest BCUT2D eigenvalue weighted by molar-refractivity contribution is 6.32. The van der Waals surface area contributed by atoms with E-state index in [2.05, 4.69) is 57.3 Å². The number of nitrogens with zero attached hydrogens (tertiary/aromatic N) is 4. The molecule has 0 bridgehead atoms. The Kier molecular flexibility index (Phi) is 6.56. The van der Waals surface area contributed by atoms with Crippen molar-refractivity contribution >= 4 is 45.5 Å². The van der Waals surface area contributed by atoms with E-state index in [1.807, 2.05) is 54.6 Å². The molecule has 0 radical (unpaired) electrons. The molecule has 8 heteroatoms. The third-order valence-electron chi connectivity index (χ3n) is 7.51. The van der Waals surface area contributed by atoms with Crippen molar-refractivity contribution in [2.75, 3.05) is 18.2 Å².